The summed E-state index contributed by atoms with van der Waals surface area (Å²) in [5.74, 6) is 0.992. The number of hydrogen-bond donors (Lipinski definition) is 1. The summed E-state index contributed by atoms with van der Waals surface area (Å²) in [5, 5.41) is 3.02. The number of rotatable bonds is 6. The molecule has 0 aliphatic heterocycles. The maximum absolute atomic E-state index is 13.5. The lowest BCUT2D eigenvalue weighted by molar-refractivity contribution is 0.373. The van der Waals surface area contributed by atoms with Crippen LogP contribution in [0.4, 0.5) is 10.3 Å². The zero-order valence-electron chi connectivity index (χ0n) is 11.4. The topological polar surface area (TPSA) is 56.3 Å². The highest BCUT2D eigenvalue weighted by Gasteiger charge is 2.05. The van der Waals surface area contributed by atoms with Crippen molar-refractivity contribution in [2.24, 2.45) is 0 Å². The first kappa shape index (κ1) is 14.0. The Bertz CT molecular complexity index is 556. The largest absolute Gasteiger partial charge is 0.481 e. The summed E-state index contributed by atoms with van der Waals surface area (Å²) >= 11 is 0. The van der Waals surface area contributed by atoms with E-state index in [2.05, 4.69) is 15.3 Å². The van der Waals surface area contributed by atoms with Gasteiger partial charge in [0.05, 0.1) is 20.3 Å². The molecule has 106 valence electrons. The number of nitrogens with one attached hydrogen (secondary N) is 1. The summed E-state index contributed by atoms with van der Waals surface area (Å²) < 4.78 is 23.6. The molecule has 1 N–H and O–H groups in total. The summed E-state index contributed by atoms with van der Waals surface area (Å²) in [6.07, 6.45) is 0.537. The van der Waals surface area contributed by atoms with E-state index in [1.54, 1.807) is 18.2 Å². The van der Waals surface area contributed by atoms with Gasteiger partial charge in [0, 0.05) is 6.54 Å². The van der Waals surface area contributed by atoms with E-state index < -0.39 is 0 Å². The summed E-state index contributed by atoms with van der Waals surface area (Å²) in [6, 6.07) is 8.26. The van der Waals surface area contributed by atoms with Gasteiger partial charge in [0.15, 0.2) is 0 Å². The van der Waals surface area contributed by atoms with Crippen molar-refractivity contribution in [3.63, 3.8) is 0 Å². The molecule has 2 rings (SSSR count). The van der Waals surface area contributed by atoms with E-state index in [4.69, 9.17) is 9.47 Å². The second-order valence-corrected chi connectivity index (χ2v) is 4.04. The predicted molar refractivity (Wildman–Crippen MR) is 73.7 cm³/mol. The summed E-state index contributed by atoms with van der Waals surface area (Å²) in [5.41, 5.74) is 0.648. The zero-order valence-corrected chi connectivity index (χ0v) is 11.4. The average Bonchev–Trinajstić information content (AvgIpc) is 2.48. The van der Waals surface area contributed by atoms with Crippen LogP contribution in [0, 0.1) is 5.82 Å². The Labute approximate surface area is 116 Å². The molecule has 6 heteroatoms. The van der Waals surface area contributed by atoms with E-state index in [0.717, 1.165) is 0 Å². The van der Waals surface area contributed by atoms with Gasteiger partial charge in [-0.1, -0.05) is 18.2 Å². The molecule has 0 aliphatic rings. The minimum absolute atomic E-state index is 0.210. The number of ether oxygens (including phenoxy) is 2. The summed E-state index contributed by atoms with van der Waals surface area (Å²) in [6.45, 7) is 0.511. The van der Waals surface area contributed by atoms with Crippen LogP contribution in [-0.4, -0.2) is 30.7 Å². The molecule has 1 aromatic heterocycles. The standard InChI is InChI=1S/C14H16FN3O2/c1-19-12-9-13(20-2)18-14(17-12)16-8-7-10-5-3-4-6-11(10)15/h3-6,9H,7-8H2,1-2H3,(H,16,17,18). The molecule has 1 aromatic carbocycles. The second kappa shape index (κ2) is 6.70. The highest BCUT2D eigenvalue weighted by molar-refractivity contribution is 5.34. The van der Waals surface area contributed by atoms with Crippen molar-refractivity contribution >= 4 is 5.95 Å². The van der Waals surface area contributed by atoms with E-state index in [-0.39, 0.29) is 5.82 Å². The van der Waals surface area contributed by atoms with Gasteiger partial charge < -0.3 is 14.8 Å². The quantitative estimate of drug-likeness (QED) is 0.878. The molecule has 0 bridgehead atoms. The Morgan fingerprint density at radius 1 is 1.10 bits per heavy atom. The van der Waals surface area contributed by atoms with Gasteiger partial charge in [-0.15, -0.1) is 0 Å². The molecular formula is C14H16FN3O2. The van der Waals surface area contributed by atoms with Crippen LogP contribution < -0.4 is 14.8 Å². The van der Waals surface area contributed by atoms with Crippen LogP contribution in [0.3, 0.4) is 0 Å². The van der Waals surface area contributed by atoms with Crippen molar-refractivity contribution in [3.05, 3.63) is 41.7 Å². The van der Waals surface area contributed by atoms with E-state index in [0.29, 0.717) is 36.2 Å². The molecule has 1 heterocycles. The third-order valence-electron chi connectivity index (χ3n) is 2.73. The predicted octanol–water partition coefficient (Wildman–Crippen LogP) is 2.29. The number of hydrogen-bond acceptors (Lipinski definition) is 5. The smallest absolute Gasteiger partial charge is 0.229 e. The molecule has 2 aromatic rings. The maximum atomic E-state index is 13.5. The minimum atomic E-state index is -0.210. The zero-order chi connectivity index (χ0) is 14.4. The fourth-order valence-corrected chi connectivity index (χ4v) is 1.70. The van der Waals surface area contributed by atoms with Gasteiger partial charge >= 0.3 is 0 Å². The van der Waals surface area contributed by atoms with Gasteiger partial charge in [0.1, 0.15) is 5.82 Å². The lowest BCUT2D eigenvalue weighted by Gasteiger charge is -2.08. The Morgan fingerprint density at radius 3 is 2.35 bits per heavy atom. The molecule has 0 fully saturated rings. The van der Waals surface area contributed by atoms with Crippen LogP contribution >= 0.6 is 0 Å². The van der Waals surface area contributed by atoms with Crippen LogP contribution in [0.1, 0.15) is 5.56 Å². The van der Waals surface area contributed by atoms with Crippen LogP contribution in [0.5, 0.6) is 11.8 Å². The normalized spacial score (nSPS) is 10.2. The second-order valence-electron chi connectivity index (χ2n) is 4.04. The van der Waals surface area contributed by atoms with Crippen molar-refractivity contribution in [3.8, 4) is 11.8 Å². The summed E-state index contributed by atoms with van der Waals surface area (Å²) in [4.78, 5) is 8.27. The molecule has 0 spiro atoms. The number of aromatic nitrogens is 2. The molecular weight excluding hydrogens is 261 g/mol. The minimum Gasteiger partial charge on any atom is -0.481 e. The van der Waals surface area contributed by atoms with E-state index in [1.807, 2.05) is 6.07 Å². The number of methoxy groups -OCH3 is 2. The molecule has 5 nitrogen and oxygen atoms in total. The van der Waals surface area contributed by atoms with Crippen LogP contribution in [0.2, 0.25) is 0 Å². The highest BCUT2D eigenvalue weighted by Crippen LogP contribution is 2.17. The van der Waals surface area contributed by atoms with Crippen LogP contribution in [0.15, 0.2) is 30.3 Å². The molecule has 0 radical (unpaired) electrons. The number of benzene rings is 1. The highest BCUT2D eigenvalue weighted by atomic mass is 19.1. The molecule has 0 saturated carbocycles. The van der Waals surface area contributed by atoms with E-state index in [1.165, 1.54) is 20.3 Å². The lowest BCUT2D eigenvalue weighted by atomic mass is 10.1. The molecule has 0 saturated heterocycles. The first-order chi connectivity index (χ1) is 9.72. The van der Waals surface area contributed by atoms with E-state index >= 15 is 0 Å². The van der Waals surface area contributed by atoms with E-state index in [9.17, 15) is 4.39 Å². The third-order valence-corrected chi connectivity index (χ3v) is 2.73. The molecule has 20 heavy (non-hydrogen) atoms. The average molecular weight is 277 g/mol. The van der Waals surface area contributed by atoms with Crippen molar-refractivity contribution in [1.29, 1.82) is 0 Å². The molecule has 0 amide bonds. The molecule has 0 aliphatic carbocycles. The van der Waals surface area contributed by atoms with Gasteiger partial charge in [0.2, 0.25) is 17.7 Å². The summed E-state index contributed by atoms with van der Waals surface area (Å²) in [7, 11) is 3.04. The maximum Gasteiger partial charge on any atom is 0.229 e. The number of nitrogens with zero attached hydrogens (tertiary/aromatic N) is 2. The van der Waals surface area contributed by atoms with Gasteiger partial charge in [-0.25, -0.2) is 4.39 Å². The SMILES string of the molecule is COc1cc(OC)nc(NCCc2ccccc2F)n1. The van der Waals surface area contributed by atoms with Crippen molar-refractivity contribution in [2.75, 3.05) is 26.1 Å². The Balaban J connectivity index is 1.99. The Morgan fingerprint density at radius 2 is 1.75 bits per heavy atom. The first-order valence-corrected chi connectivity index (χ1v) is 6.17. The van der Waals surface area contributed by atoms with Gasteiger partial charge in [0.25, 0.3) is 0 Å². The lowest BCUT2D eigenvalue weighted by Crippen LogP contribution is -2.09. The fourth-order valence-electron chi connectivity index (χ4n) is 1.70. The van der Waals surface area contributed by atoms with Crippen LogP contribution in [-0.2, 0) is 6.42 Å². The van der Waals surface area contributed by atoms with Crippen molar-refractivity contribution in [1.82, 2.24) is 9.97 Å². The Hall–Kier alpha value is -2.37. The Kier molecular flexibility index (Phi) is 4.70. The van der Waals surface area contributed by atoms with Gasteiger partial charge in [-0.2, -0.15) is 9.97 Å². The van der Waals surface area contributed by atoms with Gasteiger partial charge in [-0.3, -0.25) is 0 Å². The van der Waals surface area contributed by atoms with Crippen molar-refractivity contribution < 1.29 is 13.9 Å². The molecule has 0 unspecified atom stereocenters. The van der Waals surface area contributed by atoms with Crippen molar-refractivity contribution in [2.45, 2.75) is 6.42 Å². The monoisotopic (exact) mass is 277 g/mol. The van der Waals surface area contributed by atoms with Gasteiger partial charge in [-0.05, 0) is 18.1 Å². The van der Waals surface area contributed by atoms with Crippen LogP contribution in [0.25, 0.3) is 0 Å². The fraction of sp³-hybridized carbons (Fsp3) is 0.286. The number of anilines is 1. The number of halogens is 1. The molecule has 0 atom stereocenters. The third kappa shape index (κ3) is 3.57. The first-order valence-electron chi connectivity index (χ1n) is 6.17.